The summed E-state index contributed by atoms with van der Waals surface area (Å²) in [7, 11) is 4.40. The number of urea groups is 1. The monoisotopic (exact) mass is 652 g/mol. The number of carbonyl (C=O) groups excluding carboxylic acids is 5. The van der Waals surface area contributed by atoms with Crippen molar-refractivity contribution in [3.05, 3.63) is 114 Å². The molecule has 2 N–H and O–H groups in total. The van der Waals surface area contributed by atoms with Crippen molar-refractivity contribution in [3.8, 4) is 11.5 Å². The van der Waals surface area contributed by atoms with Gasteiger partial charge < -0.3 is 34.6 Å². The first kappa shape index (κ1) is 34.7. The number of para-hydroxylation sites is 1. The van der Waals surface area contributed by atoms with Crippen LogP contribution in [0.2, 0.25) is 0 Å². The van der Waals surface area contributed by atoms with Gasteiger partial charge in [0.2, 0.25) is 11.8 Å². The van der Waals surface area contributed by atoms with Crippen LogP contribution < -0.4 is 29.9 Å². The molecular formula is C36H36N4O8. The van der Waals surface area contributed by atoms with E-state index in [0.29, 0.717) is 39.7 Å². The van der Waals surface area contributed by atoms with Crippen LogP contribution in [0.1, 0.15) is 15.9 Å². The predicted octanol–water partition coefficient (Wildman–Crippen LogP) is 4.49. The molecular weight excluding hydrogens is 616 g/mol. The third-order valence-corrected chi connectivity index (χ3v) is 7.16. The number of ether oxygens (including phenoxy) is 3. The first-order valence-corrected chi connectivity index (χ1v) is 14.9. The topological polar surface area (TPSA) is 144 Å². The van der Waals surface area contributed by atoms with Gasteiger partial charge in [-0.05, 0) is 54.1 Å². The van der Waals surface area contributed by atoms with E-state index in [2.05, 4.69) is 15.4 Å². The van der Waals surface area contributed by atoms with Crippen LogP contribution in [-0.2, 0) is 25.5 Å². The van der Waals surface area contributed by atoms with Crippen LogP contribution in [-0.4, -0.2) is 70.6 Å². The molecule has 4 aromatic rings. The molecule has 0 unspecified atom stereocenters. The number of benzene rings is 4. The average molecular weight is 653 g/mol. The SMILES string of the molecule is COC(=O)Cc1cccc(NC(=O)NCC(=O)N(CC(=O)N(C)c2ccccc2)c2cccc(OCC(=O)c3cccc(OC)c3)c2)c1. The number of Topliss-reactive ketones (excluding diaryl/α,β-unsaturated/α-hetero) is 1. The van der Waals surface area contributed by atoms with Gasteiger partial charge in [0, 0.05) is 35.7 Å². The molecule has 4 amide bonds. The zero-order valence-corrected chi connectivity index (χ0v) is 26.8. The van der Waals surface area contributed by atoms with Crippen molar-refractivity contribution < 1.29 is 38.2 Å². The highest BCUT2D eigenvalue weighted by atomic mass is 16.5. The highest BCUT2D eigenvalue weighted by Crippen LogP contribution is 2.23. The number of carbonyl (C=O) groups is 5. The van der Waals surface area contributed by atoms with Crippen LogP contribution in [0.15, 0.2) is 103 Å². The van der Waals surface area contributed by atoms with Gasteiger partial charge in [0.1, 0.15) is 18.0 Å². The van der Waals surface area contributed by atoms with Gasteiger partial charge >= 0.3 is 12.0 Å². The van der Waals surface area contributed by atoms with Gasteiger partial charge in [-0.3, -0.25) is 19.2 Å². The molecule has 0 aliphatic carbocycles. The van der Waals surface area contributed by atoms with Crippen molar-refractivity contribution in [2.45, 2.75) is 6.42 Å². The Hall–Kier alpha value is -6.17. The Bertz CT molecular complexity index is 1760. The molecule has 0 saturated heterocycles. The molecule has 48 heavy (non-hydrogen) atoms. The van der Waals surface area contributed by atoms with Crippen molar-refractivity contribution >= 4 is 46.7 Å². The number of methoxy groups -OCH3 is 2. The maximum atomic E-state index is 13.6. The van der Waals surface area contributed by atoms with Crippen LogP contribution in [0.3, 0.4) is 0 Å². The van der Waals surface area contributed by atoms with Crippen molar-refractivity contribution in [1.82, 2.24) is 5.32 Å². The smallest absolute Gasteiger partial charge is 0.319 e. The molecule has 0 heterocycles. The largest absolute Gasteiger partial charge is 0.497 e. The van der Waals surface area contributed by atoms with Gasteiger partial charge in [-0.2, -0.15) is 0 Å². The van der Waals surface area contributed by atoms with Crippen LogP contribution in [0, 0.1) is 0 Å². The summed E-state index contributed by atoms with van der Waals surface area (Å²) in [6.07, 6.45) is 0.0322. The fourth-order valence-corrected chi connectivity index (χ4v) is 4.55. The zero-order valence-electron chi connectivity index (χ0n) is 26.8. The first-order valence-electron chi connectivity index (χ1n) is 14.9. The van der Waals surface area contributed by atoms with E-state index in [9.17, 15) is 24.0 Å². The predicted molar refractivity (Wildman–Crippen MR) is 181 cm³/mol. The second kappa shape index (κ2) is 16.9. The van der Waals surface area contributed by atoms with E-state index in [1.54, 1.807) is 104 Å². The number of amides is 4. The summed E-state index contributed by atoms with van der Waals surface area (Å²) in [6.45, 7) is -1.08. The second-order valence-corrected chi connectivity index (χ2v) is 10.5. The Kier molecular flexibility index (Phi) is 12.2. The lowest BCUT2D eigenvalue weighted by Crippen LogP contribution is -2.46. The summed E-state index contributed by atoms with van der Waals surface area (Å²) >= 11 is 0. The third-order valence-electron chi connectivity index (χ3n) is 7.16. The van der Waals surface area contributed by atoms with E-state index >= 15 is 0 Å². The van der Waals surface area contributed by atoms with Crippen molar-refractivity contribution in [3.63, 3.8) is 0 Å². The Balaban J connectivity index is 1.47. The number of hydrogen-bond acceptors (Lipinski definition) is 8. The maximum absolute atomic E-state index is 13.6. The van der Waals surface area contributed by atoms with Crippen LogP contribution >= 0.6 is 0 Å². The molecule has 0 aliphatic heterocycles. The highest BCUT2D eigenvalue weighted by Gasteiger charge is 2.23. The Morgan fingerprint density at radius 1 is 0.729 bits per heavy atom. The molecule has 0 atom stereocenters. The van der Waals surface area contributed by atoms with E-state index in [0.717, 1.165) is 0 Å². The minimum Gasteiger partial charge on any atom is -0.497 e. The van der Waals surface area contributed by atoms with E-state index < -0.39 is 24.5 Å². The number of ketones is 1. The number of nitrogens with one attached hydrogen (secondary N) is 2. The molecule has 0 fully saturated rings. The number of nitrogens with zero attached hydrogens (tertiary/aromatic N) is 2. The van der Waals surface area contributed by atoms with Gasteiger partial charge in [-0.15, -0.1) is 0 Å². The fraction of sp³-hybridized carbons (Fsp3) is 0.194. The van der Waals surface area contributed by atoms with Crippen molar-refractivity contribution in [2.24, 2.45) is 0 Å². The summed E-state index contributed by atoms with van der Waals surface area (Å²) in [5.74, 6) is -0.838. The zero-order chi connectivity index (χ0) is 34.5. The Morgan fingerprint density at radius 2 is 1.44 bits per heavy atom. The quantitative estimate of drug-likeness (QED) is 0.150. The number of esters is 1. The molecule has 0 saturated carbocycles. The molecule has 12 nitrogen and oxygen atoms in total. The average Bonchev–Trinajstić information content (AvgIpc) is 3.12. The summed E-state index contributed by atoms with van der Waals surface area (Å²) in [4.78, 5) is 66.7. The molecule has 0 radical (unpaired) electrons. The lowest BCUT2D eigenvalue weighted by molar-refractivity contribution is -0.139. The van der Waals surface area contributed by atoms with Gasteiger partial charge in [-0.25, -0.2) is 4.79 Å². The normalized spacial score (nSPS) is 10.3. The molecule has 4 aromatic carbocycles. The minimum atomic E-state index is -0.667. The van der Waals surface area contributed by atoms with Crippen LogP contribution in [0.25, 0.3) is 0 Å². The number of rotatable bonds is 14. The molecule has 0 aromatic heterocycles. The second-order valence-electron chi connectivity index (χ2n) is 10.5. The fourth-order valence-electron chi connectivity index (χ4n) is 4.55. The van der Waals surface area contributed by atoms with Gasteiger partial charge in [-0.1, -0.05) is 48.5 Å². The van der Waals surface area contributed by atoms with Crippen molar-refractivity contribution in [1.29, 1.82) is 0 Å². The van der Waals surface area contributed by atoms with Crippen molar-refractivity contribution in [2.75, 3.05) is 56.1 Å². The number of anilines is 3. The molecule has 12 heteroatoms. The van der Waals surface area contributed by atoms with Crippen LogP contribution in [0.4, 0.5) is 21.9 Å². The maximum Gasteiger partial charge on any atom is 0.319 e. The molecule has 4 rings (SSSR count). The van der Waals surface area contributed by atoms with E-state index in [4.69, 9.17) is 9.47 Å². The van der Waals surface area contributed by atoms with E-state index in [1.165, 1.54) is 24.0 Å². The summed E-state index contributed by atoms with van der Waals surface area (Å²) in [5.41, 5.74) is 2.41. The summed E-state index contributed by atoms with van der Waals surface area (Å²) in [6, 6.07) is 28.1. The van der Waals surface area contributed by atoms with Crippen LogP contribution in [0.5, 0.6) is 11.5 Å². The van der Waals surface area contributed by atoms with E-state index in [-0.39, 0.29) is 31.3 Å². The number of hydrogen-bond donors (Lipinski definition) is 2. The highest BCUT2D eigenvalue weighted by molar-refractivity contribution is 6.05. The molecule has 0 aliphatic rings. The molecule has 0 spiro atoms. The first-order chi connectivity index (χ1) is 23.2. The standard InChI is InChI=1S/C36H36N4O8/c1-39(28-13-5-4-6-14-28)34(43)23-40(33(42)22-37-36(45)38-27-12-7-10-25(18-27)19-35(44)47-3)29-15-9-17-31(21-29)48-24-32(41)26-11-8-16-30(20-26)46-2/h4-18,20-21H,19,22-24H2,1-3H3,(H2,37,38,45). The third kappa shape index (κ3) is 9.91. The summed E-state index contributed by atoms with van der Waals surface area (Å²) in [5, 5.41) is 5.16. The van der Waals surface area contributed by atoms with Gasteiger partial charge in [0.05, 0.1) is 27.2 Å². The summed E-state index contributed by atoms with van der Waals surface area (Å²) < 4.78 is 15.6. The van der Waals surface area contributed by atoms with Gasteiger partial charge in [0.15, 0.2) is 12.4 Å². The Morgan fingerprint density at radius 3 is 2.19 bits per heavy atom. The molecule has 0 bridgehead atoms. The minimum absolute atomic E-state index is 0.0322. The van der Waals surface area contributed by atoms with E-state index in [1.807, 2.05) is 6.07 Å². The lowest BCUT2D eigenvalue weighted by atomic mass is 10.1. The molecule has 248 valence electrons. The lowest BCUT2D eigenvalue weighted by Gasteiger charge is -2.26. The Labute approximate surface area is 278 Å². The number of likely N-dealkylation sites (N-methyl/N-ethyl adjacent to an activating group) is 1. The van der Waals surface area contributed by atoms with Gasteiger partial charge in [0.25, 0.3) is 0 Å².